The van der Waals surface area contributed by atoms with E-state index in [1.807, 2.05) is 13.8 Å². The van der Waals surface area contributed by atoms with Gasteiger partial charge in [-0.25, -0.2) is 10.8 Å². The maximum absolute atomic E-state index is 12.1. The van der Waals surface area contributed by atoms with Crippen LogP contribution in [0.25, 0.3) is 0 Å². The number of hydrazine groups is 1. The van der Waals surface area contributed by atoms with Gasteiger partial charge in [0.25, 0.3) is 5.91 Å². The summed E-state index contributed by atoms with van der Waals surface area (Å²) in [6, 6.07) is 5.05. The highest BCUT2D eigenvalue weighted by atomic mass is 16.5. The maximum atomic E-state index is 12.1. The van der Waals surface area contributed by atoms with Gasteiger partial charge in [0.1, 0.15) is 17.8 Å². The Morgan fingerprint density at radius 1 is 1.45 bits per heavy atom. The molecule has 7 nitrogen and oxygen atoms in total. The number of amides is 1. The normalized spacial score (nSPS) is 10.6. The van der Waals surface area contributed by atoms with Crippen LogP contribution in [0.2, 0.25) is 0 Å². The van der Waals surface area contributed by atoms with Crippen molar-refractivity contribution in [3.63, 3.8) is 0 Å². The molecule has 2 aromatic rings. The van der Waals surface area contributed by atoms with Gasteiger partial charge in [-0.3, -0.25) is 4.79 Å². The number of hydrogen-bond donors (Lipinski definition) is 3. The fourth-order valence-corrected chi connectivity index (χ4v) is 1.65. The van der Waals surface area contributed by atoms with Crippen LogP contribution in [0.1, 0.15) is 41.5 Å². The number of carbonyl (C=O) groups is 1. The molecule has 2 heterocycles. The van der Waals surface area contributed by atoms with E-state index in [1.54, 1.807) is 18.2 Å². The van der Waals surface area contributed by atoms with Crippen LogP contribution in [-0.2, 0) is 6.54 Å². The number of nitrogen functional groups attached to an aromatic ring is 1. The van der Waals surface area contributed by atoms with Crippen LogP contribution in [0.4, 0.5) is 5.82 Å². The van der Waals surface area contributed by atoms with E-state index in [4.69, 9.17) is 10.4 Å². The fraction of sp³-hybridized carbons (Fsp3) is 0.308. The molecule has 0 aliphatic carbocycles. The minimum absolute atomic E-state index is 0.199. The highest BCUT2D eigenvalue weighted by Gasteiger charge is 2.12. The van der Waals surface area contributed by atoms with E-state index in [0.717, 1.165) is 5.69 Å². The number of aromatic nitrogens is 2. The summed E-state index contributed by atoms with van der Waals surface area (Å²) in [5, 5.41) is 6.49. The van der Waals surface area contributed by atoms with Gasteiger partial charge in [0.2, 0.25) is 0 Å². The smallest absolute Gasteiger partial charge is 0.251 e. The van der Waals surface area contributed by atoms with E-state index in [0.29, 0.717) is 23.6 Å². The molecule has 20 heavy (non-hydrogen) atoms. The number of hydrogen-bond acceptors (Lipinski definition) is 6. The van der Waals surface area contributed by atoms with Crippen molar-refractivity contribution < 1.29 is 9.32 Å². The van der Waals surface area contributed by atoms with E-state index in [9.17, 15) is 4.79 Å². The molecule has 0 aromatic carbocycles. The quantitative estimate of drug-likeness (QED) is 0.562. The maximum Gasteiger partial charge on any atom is 0.251 e. The van der Waals surface area contributed by atoms with Gasteiger partial charge in [-0.15, -0.1) is 0 Å². The Morgan fingerprint density at radius 2 is 2.25 bits per heavy atom. The van der Waals surface area contributed by atoms with Crippen molar-refractivity contribution in [2.24, 2.45) is 5.84 Å². The van der Waals surface area contributed by atoms with Crippen molar-refractivity contribution in [2.45, 2.75) is 26.3 Å². The Kier molecular flexibility index (Phi) is 4.31. The number of nitrogens with one attached hydrogen (secondary N) is 2. The number of nitrogens with zero attached hydrogens (tertiary/aromatic N) is 2. The summed E-state index contributed by atoms with van der Waals surface area (Å²) in [5.41, 5.74) is 4.43. The molecular formula is C13H17N5O2. The molecule has 0 aliphatic rings. The van der Waals surface area contributed by atoms with Crippen molar-refractivity contribution in [1.29, 1.82) is 0 Å². The van der Waals surface area contributed by atoms with Crippen molar-refractivity contribution in [3.8, 4) is 0 Å². The molecule has 4 N–H and O–H groups in total. The zero-order valence-electron chi connectivity index (χ0n) is 11.4. The lowest BCUT2D eigenvalue weighted by atomic mass is 10.1. The molecule has 0 spiro atoms. The largest absolute Gasteiger partial charge is 0.364 e. The number of rotatable bonds is 5. The number of anilines is 1. The number of pyridine rings is 1. The van der Waals surface area contributed by atoms with Gasteiger partial charge in [0, 0.05) is 17.3 Å². The van der Waals surface area contributed by atoms with Gasteiger partial charge in [-0.2, -0.15) is 0 Å². The van der Waals surface area contributed by atoms with Crippen molar-refractivity contribution in [1.82, 2.24) is 15.5 Å². The lowest BCUT2D eigenvalue weighted by molar-refractivity contribution is 0.0950. The van der Waals surface area contributed by atoms with Crippen molar-refractivity contribution in [2.75, 3.05) is 5.43 Å². The number of carbonyl (C=O) groups excluding carboxylic acids is 1. The van der Waals surface area contributed by atoms with Crippen molar-refractivity contribution in [3.05, 3.63) is 41.4 Å². The van der Waals surface area contributed by atoms with Gasteiger partial charge in [-0.05, 0) is 18.1 Å². The molecule has 7 heteroatoms. The predicted molar refractivity (Wildman–Crippen MR) is 73.8 cm³/mol. The minimum Gasteiger partial charge on any atom is -0.364 e. The third-order valence-electron chi connectivity index (χ3n) is 2.77. The van der Waals surface area contributed by atoms with Crippen LogP contribution in [0.3, 0.4) is 0 Å². The van der Waals surface area contributed by atoms with Crippen molar-refractivity contribution >= 4 is 11.7 Å². The van der Waals surface area contributed by atoms with Crippen LogP contribution >= 0.6 is 0 Å². The van der Waals surface area contributed by atoms with E-state index < -0.39 is 0 Å². The van der Waals surface area contributed by atoms with Gasteiger partial charge in [0.05, 0.1) is 6.54 Å². The molecule has 0 radical (unpaired) electrons. The van der Waals surface area contributed by atoms with Crippen LogP contribution in [0.15, 0.2) is 29.0 Å². The SMILES string of the molecule is CC(C)c1cc(C(=O)NCc2ccon2)cc(NN)n1. The Balaban J connectivity index is 2.14. The molecule has 0 atom stereocenters. The molecule has 2 aromatic heterocycles. The molecule has 0 bridgehead atoms. The molecule has 0 saturated heterocycles. The highest BCUT2D eigenvalue weighted by Crippen LogP contribution is 2.17. The second-order valence-corrected chi connectivity index (χ2v) is 4.64. The lowest BCUT2D eigenvalue weighted by Gasteiger charge is -2.10. The molecule has 106 valence electrons. The molecular weight excluding hydrogens is 258 g/mol. The summed E-state index contributed by atoms with van der Waals surface area (Å²) >= 11 is 0. The first-order valence-electron chi connectivity index (χ1n) is 6.26. The molecule has 2 rings (SSSR count). The van der Waals surface area contributed by atoms with E-state index in [2.05, 4.69) is 20.9 Å². The zero-order valence-corrected chi connectivity index (χ0v) is 11.4. The summed E-state index contributed by atoms with van der Waals surface area (Å²) in [5.74, 6) is 5.82. The molecule has 0 saturated carbocycles. The highest BCUT2D eigenvalue weighted by molar-refractivity contribution is 5.94. The summed E-state index contributed by atoms with van der Waals surface area (Å²) < 4.78 is 4.70. The van der Waals surface area contributed by atoms with Crippen LogP contribution in [0, 0.1) is 0 Å². The average Bonchev–Trinajstić information content (AvgIpc) is 2.97. The third kappa shape index (κ3) is 3.33. The summed E-state index contributed by atoms with van der Waals surface area (Å²) in [6.45, 7) is 4.31. The third-order valence-corrected chi connectivity index (χ3v) is 2.77. The predicted octanol–water partition coefficient (Wildman–Crippen LogP) is 1.41. The standard InChI is InChI=1S/C13H17N5O2/c1-8(2)11-5-9(6-12(16-11)17-14)13(19)15-7-10-3-4-20-18-10/h3-6,8H,7,14H2,1-2H3,(H,15,19)(H,16,17). The first kappa shape index (κ1) is 14.0. The molecule has 0 fully saturated rings. The Morgan fingerprint density at radius 3 is 2.85 bits per heavy atom. The lowest BCUT2D eigenvalue weighted by Crippen LogP contribution is -2.24. The van der Waals surface area contributed by atoms with Gasteiger partial charge >= 0.3 is 0 Å². The fourth-order valence-electron chi connectivity index (χ4n) is 1.65. The second kappa shape index (κ2) is 6.16. The van der Waals surface area contributed by atoms with Gasteiger partial charge < -0.3 is 15.3 Å². The van der Waals surface area contributed by atoms with E-state index in [-0.39, 0.29) is 11.8 Å². The zero-order chi connectivity index (χ0) is 14.5. The Bertz CT molecular complexity index is 580. The Labute approximate surface area is 116 Å². The number of nitrogens with two attached hydrogens (primary N) is 1. The Hall–Kier alpha value is -2.41. The first-order chi connectivity index (χ1) is 9.60. The van der Waals surface area contributed by atoms with Gasteiger partial charge in [0.15, 0.2) is 0 Å². The topological polar surface area (TPSA) is 106 Å². The monoisotopic (exact) mass is 275 g/mol. The molecule has 0 unspecified atom stereocenters. The van der Waals surface area contributed by atoms with Crippen LogP contribution < -0.4 is 16.6 Å². The second-order valence-electron chi connectivity index (χ2n) is 4.64. The summed E-state index contributed by atoms with van der Waals surface area (Å²) in [4.78, 5) is 16.4. The first-order valence-corrected chi connectivity index (χ1v) is 6.26. The average molecular weight is 275 g/mol. The minimum atomic E-state index is -0.214. The molecule has 1 amide bonds. The van der Waals surface area contributed by atoms with Crippen LogP contribution in [-0.4, -0.2) is 16.0 Å². The van der Waals surface area contributed by atoms with Gasteiger partial charge in [-0.1, -0.05) is 19.0 Å². The van der Waals surface area contributed by atoms with Crippen LogP contribution in [0.5, 0.6) is 0 Å². The van der Waals surface area contributed by atoms with E-state index in [1.165, 1.54) is 6.26 Å². The molecule has 0 aliphatic heterocycles. The summed E-state index contributed by atoms with van der Waals surface area (Å²) in [7, 11) is 0. The van der Waals surface area contributed by atoms with E-state index >= 15 is 0 Å². The summed E-state index contributed by atoms with van der Waals surface area (Å²) in [6.07, 6.45) is 1.46.